The molecule has 1 aromatic carbocycles. The molecule has 1 fully saturated rings. The molecule has 0 radical (unpaired) electrons. The van der Waals surface area contributed by atoms with Crippen LogP contribution < -0.4 is 10.2 Å². The summed E-state index contributed by atoms with van der Waals surface area (Å²) < 4.78 is 0. The molecule has 0 aromatic heterocycles. The predicted octanol–water partition coefficient (Wildman–Crippen LogP) is 2.91. The fraction of sp³-hybridized carbons (Fsp3) is 0.588. The zero-order chi connectivity index (χ0) is 15.8. The van der Waals surface area contributed by atoms with Gasteiger partial charge in [-0.3, -0.25) is 0 Å². The number of benzene rings is 1. The van der Waals surface area contributed by atoms with Gasteiger partial charge in [0.15, 0.2) is 0 Å². The minimum absolute atomic E-state index is 0.0188. The Hall–Kier alpha value is -1.75. The van der Waals surface area contributed by atoms with Gasteiger partial charge in [0, 0.05) is 26.2 Å². The van der Waals surface area contributed by atoms with Crippen LogP contribution in [0.4, 0.5) is 16.2 Å². The molecule has 5 heteroatoms. The normalized spacial score (nSPS) is 15.3. The van der Waals surface area contributed by atoms with E-state index in [9.17, 15) is 4.79 Å². The van der Waals surface area contributed by atoms with Crippen LogP contribution >= 0.6 is 0 Å². The molecule has 22 heavy (non-hydrogen) atoms. The minimum Gasteiger partial charge on any atom is -0.395 e. The first-order chi connectivity index (χ1) is 10.8. The van der Waals surface area contributed by atoms with Gasteiger partial charge in [0.2, 0.25) is 0 Å². The number of carbonyl (C=O) groups is 1. The van der Waals surface area contributed by atoms with Crippen molar-refractivity contribution in [2.45, 2.75) is 32.6 Å². The van der Waals surface area contributed by atoms with Gasteiger partial charge in [-0.1, -0.05) is 25.0 Å². The van der Waals surface area contributed by atoms with Crippen molar-refractivity contribution in [2.75, 3.05) is 43.0 Å². The van der Waals surface area contributed by atoms with Crippen molar-refractivity contribution in [3.63, 3.8) is 0 Å². The van der Waals surface area contributed by atoms with E-state index in [1.165, 1.54) is 25.7 Å². The zero-order valence-corrected chi connectivity index (χ0v) is 13.4. The van der Waals surface area contributed by atoms with Gasteiger partial charge in [0.25, 0.3) is 0 Å². The number of amides is 2. The lowest BCUT2D eigenvalue weighted by atomic mass is 10.2. The maximum Gasteiger partial charge on any atom is 0.321 e. The summed E-state index contributed by atoms with van der Waals surface area (Å²) >= 11 is 0. The van der Waals surface area contributed by atoms with Crippen LogP contribution in [0, 0.1) is 0 Å². The van der Waals surface area contributed by atoms with E-state index in [0.29, 0.717) is 13.1 Å². The van der Waals surface area contributed by atoms with Crippen molar-refractivity contribution >= 4 is 17.4 Å². The molecule has 1 aliphatic heterocycles. The van der Waals surface area contributed by atoms with Crippen molar-refractivity contribution in [3.05, 3.63) is 24.3 Å². The summed E-state index contributed by atoms with van der Waals surface area (Å²) in [6.07, 6.45) is 4.97. The molecule has 2 rings (SSSR count). The molecule has 1 aliphatic rings. The lowest BCUT2D eigenvalue weighted by Crippen LogP contribution is -2.37. The highest BCUT2D eigenvalue weighted by atomic mass is 16.3. The topological polar surface area (TPSA) is 55.8 Å². The Morgan fingerprint density at radius 2 is 1.91 bits per heavy atom. The van der Waals surface area contributed by atoms with E-state index in [2.05, 4.69) is 16.3 Å². The van der Waals surface area contributed by atoms with Crippen LogP contribution in [0.1, 0.15) is 32.6 Å². The fourth-order valence-electron chi connectivity index (χ4n) is 2.88. The molecular weight excluding hydrogens is 278 g/mol. The third kappa shape index (κ3) is 4.37. The average Bonchev–Trinajstić information content (AvgIpc) is 2.82. The van der Waals surface area contributed by atoms with Crippen LogP contribution in [-0.4, -0.2) is 48.8 Å². The number of carbonyl (C=O) groups excluding carboxylic acids is 1. The number of hydrogen-bond donors (Lipinski definition) is 2. The monoisotopic (exact) mass is 305 g/mol. The minimum atomic E-state index is -0.154. The predicted molar refractivity (Wildman–Crippen MR) is 90.5 cm³/mol. The smallest absolute Gasteiger partial charge is 0.321 e. The second kappa shape index (κ2) is 8.63. The molecule has 0 spiro atoms. The van der Waals surface area contributed by atoms with Crippen molar-refractivity contribution in [2.24, 2.45) is 0 Å². The molecule has 5 nitrogen and oxygen atoms in total. The van der Waals surface area contributed by atoms with E-state index in [1.807, 2.05) is 25.1 Å². The van der Waals surface area contributed by atoms with Gasteiger partial charge in [-0.2, -0.15) is 0 Å². The number of hydrogen-bond acceptors (Lipinski definition) is 3. The third-order valence-electron chi connectivity index (χ3n) is 4.13. The lowest BCUT2D eigenvalue weighted by molar-refractivity contribution is 0.192. The fourth-order valence-corrected chi connectivity index (χ4v) is 2.88. The van der Waals surface area contributed by atoms with Crippen LogP contribution in [0.3, 0.4) is 0 Å². The number of nitrogens with zero attached hydrogens (tertiary/aromatic N) is 2. The van der Waals surface area contributed by atoms with Crippen LogP contribution in [0.25, 0.3) is 0 Å². The largest absolute Gasteiger partial charge is 0.395 e. The molecule has 1 heterocycles. The molecule has 1 aromatic rings. The Balaban J connectivity index is 2.12. The summed E-state index contributed by atoms with van der Waals surface area (Å²) in [5.41, 5.74) is 1.95. The highest BCUT2D eigenvalue weighted by molar-refractivity contribution is 5.93. The number of aliphatic hydroxyl groups excluding tert-OH is 1. The van der Waals surface area contributed by atoms with Gasteiger partial charge >= 0.3 is 6.03 Å². The second-order valence-electron chi connectivity index (χ2n) is 5.65. The van der Waals surface area contributed by atoms with Crippen LogP contribution in [0.2, 0.25) is 0 Å². The van der Waals surface area contributed by atoms with E-state index in [1.54, 1.807) is 4.90 Å². The van der Waals surface area contributed by atoms with Crippen molar-refractivity contribution in [1.82, 2.24) is 4.90 Å². The number of nitrogens with one attached hydrogen (secondary N) is 1. The molecule has 122 valence electrons. The molecule has 0 saturated carbocycles. The number of aliphatic hydroxyl groups is 1. The number of para-hydroxylation sites is 2. The van der Waals surface area contributed by atoms with Crippen LogP contribution in [0.15, 0.2) is 24.3 Å². The highest BCUT2D eigenvalue weighted by Crippen LogP contribution is 2.28. The quantitative estimate of drug-likeness (QED) is 0.879. The summed E-state index contributed by atoms with van der Waals surface area (Å²) in [6, 6.07) is 7.83. The molecule has 2 amide bonds. The number of anilines is 2. The van der Waals surface area contributed by atoms with Gasteiger partial charge in [0.1, 0.15) is 0 Å². The summed E-state index contributed by atoms with van der Waals surface area (Å²) in [6.45, 7) is 4.92. The van der Waals surface area contributed by atoms with E-state index in [-0.39, 0.29) is 12.6 Å². The summed E-state index contributed by atoms with van der Waals surface area (Å²) in [7, 11) is 0. The number of rotatable bonds is 5. The first-order valence-electron chi connectivity index (χ1n) is 8.27. The Labute approximate surface area is 132 Å². The Morgan fingerprint density at radius 3 is 2.55 bits per heavy atom. The molecule has 0 unspecified atom stereocenters. The Kier molecular flexibility index (Phi) is 6.52. The highest BCUT2D eigenvalue weighted by Gasteiger charge is 2.16. The molecule has 0 bridgehead atoms. The lowest BCUT2D eigenvalue weighted by Gasteiger charge is -2.27. The van der Waals surface area contributed by atoms with Crippen molar-refractivity contribution < 1.29 is 9.90 Å². The number of urea groups is 1. The third-order valence-corrected chi connectivity index (χ3v) is 4.13. The van der Waals surface area contributed by atoms with E-state index < -0.39 is 0 Å². The summed E-state index contributed by atoms with van der Waals surface area (Å²) in [5, 5.41) is 12.0. The molecule has 1 saturated heterocycles. The average molecular weight is 305 g/mol. The maximum absolute atomic E-state index is 12.3. The SMILES string of the molecule is CCN(CCO)C(=O)Nc1ccccc1N1CCCCCC1. The zero-order valence-electron chi connectivity index (χ0n) is 13.4. The van der Waals surface area contributed by atoms with Gasteiger partial charge in [0.05, 0.1) is 18.0 Å². The summed E-state index contributed by atoms with van der Waals surface area (Å²) in [4.78, 5) is 16.3. The summed E-state index contributed by atoms with van der Waals surface area (Å²) in [5.74, 6) is 0. The number of likely N-dealkylation sites (N-methyl/N-ethyl adjacent to an activating group) is 1. The van der Waals surface area contributed by atoms with Gasteiger partial charge in [-0.15, -0.1) is 0 Å². The Bertz CT molecular complexity index is 471. The van der Waals surface area contributed by atoms with Gasteiger partial charge in [-0.25, -0.2) is 4.79 Å². The van der Waals surface area contributed by atoms with E-state index in [0.717, 1.165) is 24.5 Å². The van der Waals surface area contributed by atoms with Gasteiger partial charge < -0.3 is 20.2 Å². The maximum atomic E-state index is 12.3. The standard InChI is InChI=1S/C17H27N3O2/c1-2-19(13-14-21)17(22)18-15-9-5-6-10-16(15)20-11-7-3-4-8-12-20/h5-6,9-10,21H,2-4,7-8,11-14H2,1H3,(H,18,22). The Morgan fingerprint density at radius 1 is 1.23 bits per heavy atom. The first-order valence-corrected chi connectivity index (χ1v) is 8.27. The van der Waals surface area contributed by atoms with Crippen LogP contribution in [-0.2, 0) is 0 Å². The first kappa shape index (κ1) is 16.6. The second-order valence-corrected chi connectivity index (χ2v) is 5.65. The van der Waals surface area contributed by atoms with Crippen LogP contribution in [0.5, 0.6) is 0 Å². The van der Waals surface area contributed by atoms with Crippen molar-refractivity contribution in [3.8, 4) is 0 Å². The van der Waals surface area contributed by atoms with Crippen molar-refractivity contribution in [1.29, 1.82) is 0 Å². The van der Waals surface area contributed by atoms with E-state index >= 15 is 0 Å². The van der Waals surface area contributed by atoms with Gasteiger partial charge in [-0.05, 0) is 31.9 Å². The molecular formula is C17H27N3O2. The molecule has 0 atom stereocenters. The van der Waals surface area contributed by atoms with E-state index in [4.69, 9.17) is 5.11 Å². The molecule has 0 aliphatic carbocycles. The molecule has 2 N–H and O–H groups in total.